The number of nitrogens with zero attached hydrogens (tertiary/aromatic N) is 1. The number of benzene rings is 2. The largest absolute Gasteiger partial charge is 0.398 e. The van der Waals surface area contributed by atoms with E-state index in [4.69, 9.17) is 5.73 Å². The minimum absolute atomic E-state index is 0.936. The topological polar surface area (TPSA) is 29.3 Å². The van der Waals surface area contributed by atoms with E-state index in [0.717, 1.165) is 31.7 Å². The van der Waals surface area contributed by atoms with E-state index in [1.54, 1.807) is 0 Å². The van der Waals surface area contributed by atoms with Gasteiger partial charge in [0.25, 0.3) is 0 Å². The highest BCUT2D eigenvalue weighted by molar-refractivity contribution is 5.51. The van der Waals surface area contributed by atoms with Crippen molar-refractivity contribution in [1.29, 1.82) is 0 Å². The quantitative estimate of drug-likeness (QED) is 0.832. The number of aryl methyl sites for hydroxylation is 1. The van der Waals surface area contributed by atoms with Gasteiger partial charge in [0.1, 0.15) is 0 Å². The van der Waals surface area contributed by atoms with Crippen molar-refractivity contribution in [3.63, 3.8) is 0 Å². The maximum absolute atomic E-state index is 6.09. The molecule has 1 aliphatic heterocycles. The van der Waals surface area contributed by atoms with Crippen molar-refractivity contribution in [2.45, 2.75) is 26.4 Å². The second-order valence-corrected chi connectivity index (χ2v) is 5.43. The fourth-order valence-corrected chi connectivity index (χ4v) is 2.75. The average Bonchev–Trinajstić information content (AvgIpc) is 2.42. The summed E-state index contributed by atoms with van der Waals surface area (Å²) in [5.41, 5.74) is 12.5. The highest BCUT2D eigenvalue weighted by Crippen LogP contribution is 2.25. The Morgan fingerprint density at radius 3 is 2.68 bits per heavy atom. The summed E-state index contributed by atoms with van der Waals surface area (Å²) in [4.78, 5) is 2.48. The van der Waals surface area contributed by atoms with Gasteiger partial charge in [-0.15, -0.1) is 0 Å². The molecular weight excluding hydrogens is 232 g/mol. The molecule has 2 aromatic carbocycles. The lowest BCUT2D eigenvalue weighted by atomic mass is 9.98. The van der Waals surface area contributed by atoms with Crippen molar-refractivity contribution in [3.05, 3.63) is 64.7 Å². The molecule has 0 atom stereocenters. The molecule has 0 saturated heterocycles. The number of hydrogen-bond donors (Lipinski definition) is 1. The molecule has 0 spiro atoms. The van der Waals surface area contributed by atoms with E-state index >= 15 is 0 Å². The van der Waals surface area contributed by atoms with Gasteiger partial charge in [0.05, 0.1) is 0 Å². The van der Waals surface area contributed by atoms with Crippen LogP contribution in [0, 0.1) is 6.92 Å². The first kappa shape index (κ1) is 12.2. The summed E-state index contributed by atoms with van der Waals surface area (Å²) in [7, 11) is 0. The predicted octanol–water partition coefficient (Wildman–Crippen LogP) is 3.14. The van der Waals surface area contributed by atoms with Crippen LogP contribution in [0.1, 0.15) is 22.3 Å². The van der Waals surface area contributed by atoms with E-state index < -0.39 is 0 Å². The third-order valence-electron chi connectivity index (χ3n) is 3.92. The second-order valence-electron chi connectivity index (χ2n) is 5.43. The minimum Gasteiger partial charge on any atom is -0.398 e. The highest BCUT2D eigenvalue weighted by Gasteiger charge is 2.17. The Bertz CT molecular complexity index is 572. The summed E-state index contributed by atoms with van der Waals surface area (Å²) in [6.45, 7) is 5.22. The van der Waals surface area contributed by atoms with Crippen molar-refractivity contribution in [2.75, 3.05) is 12.3 Å². The molecular formula is C17H20N2. The van der Waals surface area contributed by atoms with Crippen LogP contribution in [0.4, 0.5) is 5.69 Å². The SMILES string of the molecule is Cc1ccc(CN2CCc3cccc(N)c3C2)cc1. The van der Waals surface area contributed by atoms with Crippen molar-refractivity contribution >= 4 is 5.69 Å². The van der Waals surface area contributed by atoms with E-state index in [1.807, 2.05) is 6.07 Å². The lowest BCUT2D eigenvalue weighted by molar-refractivity contribution is 0.246. The summed E-state index contributed by atoms with van der Waals surface area (Å²) in [6, 6.07) is 15.1. The monoisotopic (exact) mass is 252 g/mol. The summed E-state index contributed by atoms with van der Waals surface area (Å²) in [6.07, 6.45) is 1.10. The average molecular weight is 252 g/mol. The third kappa shape index (κ3) is 2.64. The van der Waals surface area contributed by atoms with Gasteiger partial charge >= 0.3 is 0 Å². The van der Waals surface area contributed by atoms with E-state index in [9.17, 15) is 0 Å². The molecule has 0 fully saturated rings. The van der Waals surface area contributed by atoms with Crippen molar-refractivity contribution in [3.8, 4) is 0 Å². The Morgan fingerprint density at radius 2 is 1.89 bits per heavy atom. The van der Waals surface area contributed by atoms with Crippen LogP contribution in [0.15, 0.2) is 42.5 Å². The molecule has 0 aliphatic carbocycles. The number of nitrogens with two attached hydrogens (primary N) is 1. The van der Waals surface area contributed by atoms with Crippen LogP contribution >= 0.6 is 0 Å². The van der Waals surface area contributed by atoms with Gasteiger partial charge in [-0.05, 0) is 36.1 Å². The van der Waals surface area contributed by atoms with Gasteiger partial charge in [0.15, 0.2) is 0 Å². The molecule has 1 aliphatic rings. The van der Waals surface area contributed by atoms with Crippen LogP contribution < -0.4 is 5.73 Å². The lowest BCUT2D eigenvalue weighted by Gasteiger charge is -2.29. The molecule has 3 rings (SSSR count). The maximum Gasteiger partial charge on any atom is 0.0362 e. The summed E-state index contributed by atoms with van der Waals surface area (Å²) < 4.78 is 0. The molecule has 2 nitrogen and oxygen atoms in total. The van der Waals surface area contributed by atoms with Crippen LogP contribution in [0.3, 0.4) is 0 Å². The zero-order valence-corrected chi connectivity index (χ0v) is 11.4. The van der Waals surface area contributed by atoms with Crippen molar-refractivity contribution < 1.29 is 0 Å². The number of hydrogen-bond acceptors (Lipinski definition) is 2. The van der Waals surface area contributed by atoms with Crippen LogP contribution in [0.25, 0.3) is 0 Å². The van der Waals surface area contributed by atoms with Gasteiger partial charge < -0.3 is 5.73 Å². The van der Waals surface area contributed by atoms with Gasteiger partial charge in [0, 0.05) is 25.3 Å². The second kappa shape index (κ2) is 5.06. The summed E-state index contributed by atoms with van der Waals surface area (Å²) in [5.74, 6) is 0. The standard InChI is InChI=1S/C17H20N2/c1-13-5-7-14(8-6-13)11-19-10-9-15-3-2-4-17(18)16(15)12-19/h2-8H,9-12,18H2,1H3. The van der Waals surface area contributed by atoms with E-state index in [0.29, 0.717) is 0 Å². The molecule has 2 N–H and O–H groups in total. The molecule has 98 valence electrons. The highest BCUT2D eigenvalue weighted by atomic mass is 15.1. The molecule has 0 unspecified atom stereocenters. The zero-order chi connectivity index (χ0) is 13.2. The Kier molecular flexibility index (Phi) is 3.26. The van der Waals surface area contributed by atoms with E-state index in [1.165, 1.54) is 22.3 Å². The van der Waals surface area contributed by atoms with Gasteiger partial charge in [-0.2, -0.15) is 0 Å². The molecule has 2 aromatic rings. The first-order chi connectivity index (χ1) is 9.22. The Morgan fingerprint density at radius 1 is 1.11 bits per heavy atom. The van der Waals surface area contributed by atoms with Gasteiger partial charge in [-0.1, -0.05) is 42.0 Å². The predicted molar refractivity (Wildman–Crippen MR) is 79.9 cm³/mol. The van der Waals surface area contributed by atoms with Crippen molar-refractivity contribution in [2.24, 2.45) is 0 Å². The Labute approximate surface area is 114 Å². The fraction of sp³-hybridized carbons (Fsp3) is 0.294. The number of fused-ring (bicyclic) bond motifs is 1. The number of rotatable bonds is 2. The first-order valence-electron chi connectivity index (χ1n) is 6.86. The summed E-state index contributed by atoms with van der Waals surface area (Å²) >= 11 is 0. The number of anilines is 1. The fourth-order valence-electron chi connectivity index (χ4n) is 2.75. The smallest absolute Gasteiger partial charge is 0.0362 e. The normalized spacial score (nSPS) is 15.2. The van der Waals surface area contributed by atoms with Gasteiger partial charge in [-0.3, -0.25) is 4.90 Å². The molecule has 1 heterocycles. The molecule has 2 heteroatoms. The molecule has 0 radical (unpaired) electrons. The zero-order valence-electron chi connectivity index (χ0n) is 11.4. The van der Waals surface area contributed by atoms with Crippen LogP contribution in [-0.4, -0.2) is 11.4 Å². The van der Waals surface area contributed by atoms with E-state index in [-0.39, 0.29) is 0 Å². The summed E-state index contributed by atoms with van der Waals surface area (Å²) in [5, 5.41) is 0. The molecule has 0 bridgehead atoms. The van der Waals surface area contributed by atoms with Crippen LogP contribution in [0.5, 0.6) is 0 Å². The first-order valence-corrected chi connectivity index (χ1v) is 6.86. The van der Waals surface area contributed by atoms with Crippen LogP contribution in [0.2, 0.25) is 0 Å². The Balaban J connectivity index is 1.75. The lowest BCUT2D eigenvalue weighted by Crippen LogP contribution is -2.30. The molecule has 0 saturated carbocycles. The van der Waals surface area contributed by atoms with Gasteiger partial charge in [-0.25, -0.2) is 0 Å². The van der Waals surface area contributed by atoms with E-state index in [2.05, 4.69) is 48.2 Å². The Hall–Kier alpha value is -1.80. The van der Waals surface area contributed by atoms with Crippen LogP contribution in [-0.2, 0) is 19.5 Å². The minimum atomic E-state index is 0.936. The third-order valence-corrected chi connectivity index (χ3v) is 3.92. The van der Waals surface area contributed by atoms with Gasteiger partial charge in [0.2, 0.25) is 0 Å². The number of nitrogen functional groups attached to an aromatic ring is 1. The molecule has 19 heavy (non-hydrogen) atoms. The molecule has 0 amide bonds. The molecule has 0 aromatic heterocycles. The maximum atomic E-state index is 6.09. The van der Waals surface area contributed by atoms with Crippen molar-refractivity contribution in [1.82, 2.24) is 4.90 Å².